The minimum atomic E-state index is -0.581. The first-order valence-corrected chi connectivity index (χ1v) is 11.7. The molecule has 7 atom stereocenters. The lowest BCUT2D eigenvalue weighted by atomic mass is 9.58. The van der Waals surface area contributed by atoms with E-state index in [9.17, 15) is 10.2 Å². The van der Waals surface area contributed by atoms with E-state index in [1.165, 1.54) is 44.1 Å². The van der Waals surface area contributed by atoms with Gasteiger partial charge in [-0.15, -0.1) is 0 Å². The van der Waals surface area contributed by atoms with Gasteiger partial charge >= 0.3 is 0 Å². The molecule has 0 aromatic rings. The Labute approximate surface area is 171 Å². The fourth-order valence-corrected chi connectivity index (χ4v) is 6.93. The molecule has 0 amide bonds. The topological polar surface area (TPSA) is 60.7 Å². The van der Waals surface area contributed by atoms with E-state index in [2.05, 4.69) is 26.5 Å². The van der Waals surface area contributed by atoms with Crippen molar-refractivity contribution in [2.24, 2.45) is 29.1 Å². The molecule has 160 valence electrons. The Hall–Kier alpha value is -0.640. The number of aliphatic hydroxyl groups excluding tert-OH is 3. The summed E-state index contributed by atoms with van der Waals surface area (Å²) in [5, 5.41) is 29.3. The summed E-state index contributed by atoms with van der Waals surface area (Å²) in [5.74, 6) is 3.15. The van der Waals surface area contributed by atoms with Crippen molar-refractivity contribution in [1.82, 2.24) is 0 Å². The molecule has 3 aliphatic carbocycles. The van der Waals surface area contributed by atoms with Crippen molar-refractivity contribution in [3.63, 3.8) is 0 Å². The van der Waals surface area contributed by atoms with Crippen LogP contribution in [-0.4, -0.2) is 34.1 Å². The molecule has 0 spiro atoms. The number of aliphatic hydroxyl groups is 3. The van der Waals surface area contributed by atoms with Crippen molar-refractivity contribution >= 4 is 0 Å². The molecule has 0 bridgehead atoms. The van der Waals surface area contributed by atoms with Gasteiger partial charge in [-0.05, 0) is 86.0 Å². The van der Waals surface area contributed by atoms with Crippen LogP contribution in [0.25, 0.3) is 0 Å². The van der Waals surface area contributed by atoms with Crippen LogP contribution < -0.4 is 0 Å². The molecule has 0 aromatic carbocycles. The molecule has 1 unspecified atom stereocenters. The third kappa shape index (κ3) is 4.57. The first-order chi connectivity index (χ1) is 13.4. The van der Waals surface area contributed by atoms with Gasteiger partial charge in [0.1, 0.15) is 0 Å². The standard InChI is InChI=1S/C25H42O3/c1-17(7-4-5-14-26)21-11-12-22-20(8-6-13-25(21,22)3)10-9-19-15-23(27)18(2)24(28)16-19/h9,17,20-24,26-28H,2,4-8,10-16H2,1,3H3/t17-,20?,21+,22-,23+,24+,25+/m0/s1. The Morgan fingerprint density at radius 1 is 1.14 bits per heavy atom. The fraction of sp³-hybridized carbons (Fsp3) is 0.840. The normalized spacial score (nSPS) is 39.7. The molecule has 3 rings (SSSR count). The fourth-order valence-electron chi connectivity index (χ4n) is 6.93. The van der Waals surface area contributed by atoms with Gasteiger partial charge in [-0.1, -0.05) is 51.3 Å². The number of fused-ring (bicyclic) bond motifs is 1. The zero-order chi connectivity index (χ0) is 20.3. The average Bonchev–Trinajstić information content (AvgIpc) is 3.02. The summed E-state index contributed by atoms with van der Waals surface area (Å²) in [6, 6.07) is 0. The highest BCUT2D eigenvalue weighted by Gasteiger charge is 2.51. The van der Waals surface area contributed by atoms with E-state index in [1.807, 2.05) is 0 Å². The van der Waals surface area contributed by atoms with Crippen molar-refractivity contribution in [2.75, 3.05) is 6.61 Å². The van der Waals surface area contributed by atoms with E-state index >= 15 is 0 Å². The second kappa shape index (κ2) is 9.45. The minimum absolute atomic E-state index is 0.324. The third-order valence-electron chi connectivity index (χ3n) is 8.57. The van der Waals surface area contributed by atoms with Crippen LogP contribution in [0.15, 0.2) is 23.8 Å². The van der Waals surface area contributed by atoms with Crippen LogP contribution in [0.1, 0.15) is 84.5 Å². The highest BCUT2D eigenvalue weighted by atomic mass is 16.3. The second-order valence-electron chi connectivity index (χ2n) is 10.3. The predicted molar refractivity (Wildman–Crippen MR) is 115 cm³/mol. The lowest BCUT2D eigenvalue weighted by molar-refractivity contribution is 0.0290. The van der Waals surface area contributed by atoms with Gasteiger partial charge in [-0.3, -0.25) is 0 Å². The summed E-state index contributed by atoms with van der Waals surface area (Å²) >= 11 is 0. The maximum atomic E-state index is 10.1. The monoisotopic (exact) mass is 390 g/mol. The van der Waals surface area contributed by atoms with Crippen LogP contribution >= 0.6 is 0 Å². The molecule has 3 nitrogen and oxygen atoms in total. The number of allylic oxidation sites excluding steroid dienone is 1. The van der Waals surface area contributed by atoms with Gasteiger partial charge in [0.15, 0.2) is 0 Å². The van der Waals surface area contributed by atoms with Gasteiger partial charge in [0.05, 0.1) is 12.2 Å². The quantitative estimate of drug-likeness (QED) is 0.423. The lowest BCUT2D eigenvalue weighted by Crippen LogP contribution is -2.39. The summed E-state index contributed by atoms with van der Waals surface area (Å²) in [6.07, 6.45) is 13.7. The molecule has 0 aliphatic heterocycles. The van der Waals surface area contributed by atoms with Crippen molar-refractivity contribution in [3.05, 3.63) is 23.8 Å². The largest absolute Gasteiger partial charge is 0.396 e. The Balaban J connectivity index is 1.62. The van der Waals surface area contributed by atoms with Crippen LogP contribution in [0, 0.1) is 29.1 Å². The summed E-state index contributed by atoms with van der Waals surface area (Å²) in [4.78, 5) is 0. The van der Waals surface area contributed by atoms with Gasteiger partial charge in [0.25, 0.3) is 0 Å². The van der Waals surface area contributed by atoms with Gasteiger partial charge in [0, 0.05) is 6.61 Å². The number of hydrogen-bond donors (Lipinski definition) is 3. The van der Waals surface area contributed by atoms with E-state index in [-0.39, 0.29) is 0 Å². The van der Waals surface area contributed by atoms with Gasteiger partial charge in [-0.2, -0.15) is 0 Å². The molecule has 0 saturated heterocycles. The van der Waals surface area contributed by atoms with Gasteiger partial charge < -0.3 is 15.3 Å². The SMILES string of the molecule is C=C1[C@H](O)CC(=CCC2CCC[C@]3(C)[C@@H]([C@@H](C)CCCCO)CC[C@@H]23)C[C@H]1O. The van der Waals surface area contributed by atoms with E-state index in [1.54, 1.807) is 0 Å². The number of unbranched alkanes of at least 4 members (excludes halogenated alkanes) is 1. The molecule has 0 aromatic heterocycles. The van der Waals surface area contributed by atoms with E-state index in [4.69, 9.17) is 5.11 Å². The Bertz CT molecular complexity index is 552. The average molecular weight is 391 g/mol. The van der Waals surface area contributed by atoms with Crippen molar-refractivity contribution in [2.45, 2.75) is 96.7 Å². The molecule has 0 heterocycles. The van der Waals surface area contributed by atoms with Crippen LogP contribution in [0.5, 0.6) is 0 Å². The number of rotatable bonds is 7. The minimum Gasteiger partial charge on any atom is -0.396 e. The van der Waals surface area contributed by atoms with Crippen LogP contribution in [-0.2, 0) is 0 Å². The Morgan fingerprint density at radius 3 is 2.54 bits per heavy atom. The molecular weight excluding hydrogens is 348 g/mol. The first-order valence-electron chi connectivity index (χ1n) is 11.7. The molecule has 3 aliphatic rings. The van der Waals surface area contributed by atoms with Crippen molar-refractivity contribution in [3.8, 4) is 0 Å². The van der Waals surface area contributed by atoms with Gasteiger partial charge in [-0.25, -0.2) is 0 Å². The summed E-state index contributed by atoms with van der Waals surface area (Å²) < 4.78 is 0. The van der Waals surface area contributed by atoms with Crippen LogP contribution in [0.4, 0.5) is 0 Å². The zero-order valence-corrected chi connectivity index (χ0v) is 18.1. The second-order valence-corrected chi connectivity index (χ2v) is 10.3. The Morgan fingerprint density at radius 2 is 1.86 bits per heavy atom. The molecule has 3 N–H and O–H groups in total. The molecular formula is C25H42O3. The molecule has 0 radical (unpaired) electrons. The molecule has 28 heavy (non-hydrogen) atoms. The maximum Gasteiger partial charge on any atom is 0.0809 e. The van der Waals surface area contributed by atoms with Crippen molar-refractivity contribution in [1.29, 1.82) is 0 Å². The highest BCUT2D eigenvalue weighted by Crippen LogP contribution is 2.60. The number of hydrogen-bond acceptors (Lipinski definition) is 3. The predicted octanol–water partition coefficient (Wildman–Crippen LogP) is 5.01. The summed E-state index contributed by atoms with van der Waals surface area (Å²) in [6.45, 7) is 9.16. The van der Waals surface area contributed by atoms with Crippen LogP contribution in [0.3, 0.4) is 0 Å². The van der Waals surface area contributed by atoms with Crippen molar-refractivity contribution < 1.29 is 15.3 Å². The molecule has 3 fully saturated rings. The maximum absolute atomic E-state index is 10.1. The zero-order valence-electron chi connectivity index (χ0n) is 18.1. The third-order valence-corrected chi connectivity index (χ3v) is 8.57. The summed E-state index contributed by atoms with van der Waals surface area (Å²) in [5.41, 5.74) is 2.27. The van der Waals surface area contributed by atoms with E-state index in [0.717, 1.165) is 42.9 Å². The van der Waals surface area contributed by atoms with Crippen LogP contribution in [0.2, 0.25) is 0 Å². The Kier molecular flexibility index (Phi) is 7.44. The highest BCUT2D eigenvalue weighted by molar-refractivity contribution is 5.23. The lowest BCUT2D eigenvalue weighted by Gasteiger charge is -2.47. The first kappa shape index (κ1) is 22.1. The van der Waals surface area contributed by atoms with E-state index in [0.29, 0.717) is 30.4 Å². The molecule has 3 heteroatoms. The van der Waals surface area contributed by atoms with Gasteiger partial charge in [0.2, 0.25) is 0 Å². The summed E-state index contributed by atoms with van der Waals surface area (Å²) in [7, 11) is 0. The smallest absolute Gasteiger partial charge is 0.0809 e. The molecule has 3 saturated carbocycles. The van der Waals surface area contributed by atoms with E-state index < -0.39 is 12.2 Å².